The van der Waals surface area contributed by atoms with E-state index < -0.39 is 53.2 Å². The van der Waals surface area contributed by atoms with Crippen LogP contribution in [0, 0.1) is 13.8 Å². The minimum atomic E-state index is -1.07. The van der Waals surface area contributed by atoms with Gasteiger partial charge < -0.3 is 25.0 Å². The van der Waals surface area contributed by atoms with Crippen LogP contribution in [-0.2, 0) is 30.3 Å². The zero-order valence-electron chi connectivity index (χ0n) is 29.5. The van der Waals surface area contributed by atoms with Crippen molar-refractivity contribution in [3.63, 3.8) is 0 Å². The highest BCUT2D eigenvalue weighted by Gasteiger charge is 2.37. The predicted molar refractivity (Wildman–Crippen MR) is 181 cm³/mol. The van der Waals surface area contributed by atoms with E-state index in [2.05, 4.69) is 17.6 Å². The van der Waals surface area contributed by atoms with Crippen LogP contribution < -0.4 is 10.6 Å². The second-order valence-corrected chi connectivity index (χ2v) is 14.0. The van der Waals surface area contributed by atoms with E-state index in [1.54, 1.807) is 48.5 Å². The molecule has 3 unspecified atom stereocenters. The number of hydrogen-bond acceptors (Lipinski definition) is 6. The van der Waals surface area contributed by atoms with Gasteiger partial charge in [-0.05, 0) is 85.4 Å². The Labute approximate surface area is 275 Å². The summed E-state index contributed by atoms with van der Waals surface area (Å²) >= 11 is 0. The molecular formula is C37H55N3O6. The number of nitrogens with one attached hydrogen (secondary N) is 2. The molecular weight excluding hydrogens is 582 g/mol. The Morgan fingerprint density at radius 2 is 1.46 bits per heavy atom. The molecule has 2 N–H and O–H groups in total. The lowest BCUT2D eigenvalue weighted by Crippen LogP contribution is -2.54. The number of carbonyl (C=O) groups excluding carboxylic acids is 4. The molecule has 0 fully saturated rings. The summed E-state index contributed by atoms with van der Waals surface area (Å²) in [6.45, 7) is 18.4. The topological polar surface area (TPSA) is 114 Å². The number of hydrogen-bond donors (Lipinski definition) is 2. The molecule has 2 aromatic carbocycles. The van der Waals surface area contributed by atoms with Crippen molar-refractivity contribution in [3.8, 4) is 0 Å². The van der Waals surface area contributed by atoms with Gasteiger partial charge in [-0.2, -0.15) is 0 Å². The Kier molecular flexibility index (Phi) is 14.3. The summed E-state index contributed by atoms with van der Waals surface area (Å²) in [5.41, 5.74) is 1.81. The van der Waals surface area contributed by atoms with Gasteiger partial charge in [0.1, 0.15) is 29.3 Å². The Bertz CT molecular complexity index is 1310. The molecule has 2 rings (SSSR count). The van der Waals surface area contributed by atoms with Gasteiger partial charge >= 0.3 is 12.1 Å². The summed E-state index contributed by atoms with van der Waals surface area (Å²) in [6, 6.07) is 12.1. The Morgan fingerprint density at radius 1 is 0.826 bits per heavy atom. The Balaban J connectivity index is 2.58. The number of alkyl carbamates (subject to hydrolysis) is 1. The van der Waals surface area contributed by atoms with Gasteiger partial charge in [0.15, 0.2) is 0 Å². The first-order valence-electron chi connectivity index (χ1n) is 16.4. The molecule has 0 saturated carbocycles. The van der Waals surface area contributed by atoms with Crippen molar-refractivity contribution in [2.24, 2.45) is 0 Å². The molecule has 0 aliphatic heterocycles. The minimum absolute atomic E-state index is 0.210. The lowest BCUT2D eigenvalue weighted by molar-refractivity contribution is -0.159. The van der Waals surface area contributed by atoms with Crippen LogP contribution in [0.2, 0.25) is 0 Å². The van der Waals surface area contributed by atoms with E-state index in [9.17, 15) is 19.2 Å². The average molecular weight is 638 g/mol. The van der Waals surface area contributed by atoms with E-state index >= 15 is 0 Å². The van der Waals surface area contributed by atoms with Crippen LogP contribution >= 0.6 is 0 Å². The van der Waals surface area contributed by atoms with Crippen LogP contribution in [0.3, 0.4) is 0 Å². The molecule has 0 bridgehead atoms. The van der Waals surface area contributed by atoms with Gasteiger partial charge in [0.2, 0.25) is 11.8 Å². The van der Waals surface area contributed by atoms with E-state index in [0.29, 0.717) is 12.0 Å². The number of aryl methyl sites for hydroxylation is 2. The molecule has 0 heterocycles. The van der Waals surface area contributed by atoms with Gasteiger partial charge in [-0.3, -0.25) is 9.59 Å². The number of rotatable bonds is 14. The summed E-state index contributed by atoms with van der Waals surface area (Å²) in [6.07, 6.45) is 2.99. The first-order chi connectivity index (χ1) is 21.4. The monoisotopic (exact) mass is 637 g/mol. The quantitative estimate of drug-likeness (QED) is 0.175. The summed E-state index contributed by atoms with van der Waals surface area (Å²) < 4.78 is 11.1. The fourth-order valence-electron chi connectivity index (χ4n) is 5.12. The molecule has 2 aromatic rings. The van der Waals surface area contributed by atoms with E-state index in [1.165, 1.54) is 4.90 Å². The van der Waals surface area contributed by atoms with E-state index in [4.69, 9.17) is 9.47 Å². The number of nitrogens with zero attached hydrogens (tertiary/aromatic N) is 1. The maximum Gasteiger partial charge on any atom is 0.408 e. The van der Waals surface area contributed by atoms with Crippen molar-refractivity contribution in [3.05, 3.63) is 70.8 Å². The summed E-state index contributed by atoms with van der Waals surface area (Å²) in [4.78, 5) is 56.3. The van der Waals surface area contributed by atoms with E-state index in [-0.39, 0.29) is 13.0 Å². The summed E-state index contributed by atoms with van der Waals surface area (Å²) in [7, 11) is 0. The van der Waals surface area contributed by atoms with Gasteiger partial charge in [-0.15, -0.1) is 0 Å². The number of unbranched alkanes of at least 4 members (excludes halogenated alkanes) is 3. The number of esters is 1. The molecule has 46 heavy (non-hydrogen) atoms. The van der Waals surface area contributed by atoms with Crippen LogP contribution in [0.1, 0.15) is 109 Å². The number of amides is 3. The van der Waals surface area contributed by atoms with Crippen molar-refractivity contribution >= 4 is 23.9 Å². The van der Waals surface area contributed by atoms with Crippen molar-refractivity contribution in [1.82, 2.24) is 15.5 Å². The molecule has 9 heteroatoms. The van der Waals surface area contributed by atoms with Gasteiger partial charge in [0.05, 0.1) is 0 Å². The zero-order valence-corrected chi connectivity index (χ0v) is 29.5. The van der Waals surface area contributed by atoms with Crippen molar-refractivity contribution in [2.45, 2.75) is 131 Å². The minimum Gasteiger partial charge on any atom is -0.458 e. The number of ether oxygens (including phenoxy) is 2. The lowest BCUT2D eigenvalue weighted by atomic mass is 9.95. The smallest absolute Gasteiger partial charge is 0.408 e. The molecule has 0 aliphatic rings. The predicted octanol–water partition coefficient (Wildman–Crippen LogP) is 6.74. The van der Waals surface area contributed by atoms with Crippen LogP contribution in [-0.4, -0.2) is 58.6 Å². The third kappa shape index (κ3) is 12.9. The first kappa shape index (κ1) is 38.3. The highest BCUT2D eigenvalue weighted by Crippen LogP contribution is 2.28. The average Bonchev–Trinajstić information content (AvgIpc) is 2.93. The third-order valence-electron chi connectivity index (χ3n) is 7.21. The molecule has 3 atom stereocenters. The van der Waals surface area contributed by atoms with Gasteiger partial charge in [0.25, 0.3) is 0 Å². The van der Waals surface area contributed by atoms with E-state index in [1.807, 2.05) is 62.4 Å². The first-order valence-corrected chi connectivity index (χ1v) is 16.4. The van der Waals surface area contributed by atoms with Crippen molar-refractivity contribution in [1.29, 1.82) is 0 Å². The normalized spacial score (nSPS) is 13.6. The SMILES string of the molecule is CCCCCCN(C(=O)C(C)NC(=O)OC(C)(C)C)C(C(=O)NC(Cc1ccccc1)C(=O)OC(C)(C)C)c1ccc(C)cc1C. The second-order valence-electron chi connectivity index (χ2n) is 14.0. The fraction of sp³-hybridized carbons (Fsp3) is 0.568. The Hall–Kier alpha value is -3.88. The molecule has 0 spiro atoms. The maximum absolute atomic E-state index is 14.5. The zero-order chi connectivity index (χ0) is 34.7. The highest BCUT2D eigenvalue weighted by molar-refractivity contribution is 5.94. The molecule has 3 amide bonds. The fourth-order valence-corrected chi connectivity index (χ4v) is 5.12. The standard InChI is InChI=1S/C37H55N3O6/c1-11-12-13-17-22-40(33(42)27(4)38-35(44)46-37(8,9)10)31(29-21-20-25(2)23-26(29)3)32(41)39-30(34(43)45-36(5,6)7)24-28-18-15-14-16-19-28/h14-16,18-21,23,27,30-31H,11-13,17,22,24H2,1-10H3,(H,38,44)(H,39,41). The molecule has 0 radical (unpaired) electrons. The van der Waals surface area contributed by atoms with Gasteiger partial charge in [-0.1, -0.05) is 80.3 Å². The van der Waals surface area contributed by atoms with Crippen LogP contribution in [0.25, 0.3) is 0 Å². The third-order valence-corrected chi connectivity index (χ3v) is 7.21. The largest absolute Gasteiger partial charge is 0.458 e. The molecule has 0 aromatic heterocycles. The van der Waals surface area contributed by atoms with Gasteiger partial charge in [0, 0.05) is 13.0 Å². The highest BCUT2D eigenvalue weighted by atomic mass is 16.6. The summed E-state index contributed by atoms with van der Waals surface area (Å²) in [5.74, 6) is -1.50. The van der Waals surface area contributed by atoms with Crippen LogP contribution in [0.15, 0.2) is 48.5 Å². The lowest BCUT2D eigenvalue weighted by Gasteiger charge is -2.35. The van der Waals surface area contributed by atoms with Crippen molar-refractivity contribution < 1.29 is 28.7 Å². The molecule has 254 valence electrons. The summed E-state index contributed by atoms with van der Waals surface area (Å²) in [5, 5.41) is 5.60. The number of carbonyl (C=O) groups is 4. The molecule has 9 nitrogen and oxygen atoms in total. The van der Waals surface area contributed by atoms with Crippen LogP contribution in [0.4, 0.5) is 4.79 Å². The van der Waals surface area contributed by atoms with Gasteiger partial charge in [-0.25, -0.2) is 9.59 Å². The molecule has 0 aliphatic carbocycles. The Morgan fingerprint density at radius 3 is 2.02 bits per heavy atom. The van der Waals surface area contributed by atoms with E-state index in [0.717, 1.165) is 36.0 Å². The number of benzene rings is 2. The van der Waals surface area contributed by atoms with Crippen LogP contribution in [0.5, 0.6) is 0 Å². The second kappa shape index (κ2) is 17.2. The maximum atomic E-state index is 14.5. The van der Waals surface area contributed by atoms with Crippen molar-refractivity contribution in [2.75, 3.05) is 6.54 Å². The molecule has 0 saturated heterocycles.